The number of carbonyl (C=O) groups is 1. The Morgan fingerprint density at radius 1 is 1.43 bits per heavy atom. The van der Waals surface area contributed by atoms with E-state index in [1.54, 1.807) is 0 Å². The molecule has 3 rings (SSSR count). The quantitative estimate of drug-likeness (QED) is 0.852. The number of hydrogen-bond acceptors (Lipinski definition) is 4. The van der Waals surface area contributed by atoms with Gasteiger partial charge in [-0.15, -0.1) is 0 Å². The molecule has 2 aliphatic rings. The topological polar surface area (TPSA) is 59.0 Å². The van der Waals surface area contributed by atoms with Crippen LogP contribution in [0, 0.1) is 0 Å². The van der Waals surface area contributed by atoms with Gasteiger partial charge in [0.05, 0.1) is 19.7 Å². The second-order valence-corrected chi connectivity index (χ2v) is 8.30. The van der Waals surface area contributed by atoms with Crippen molar-refractivity contribution in [1.82, 2.24) is 4.90 Å². The minimum Gasteiger partial charge on any atom is -0.493 e. The number of halogens is 1. The maximum atomic E-state index is 12.0. The minimum atomic E-state index is -0.919. The summed E-state index contributed by atoms with van der Waals surface area (Å²) in [4.78, 5) is 13.5. The van der Waals surface area contributed by atoms with Crippen LogP contribution < -0.4 is 4.74 Å². The Balaban J connectivity index is 1.66. The lowest BCUT2D eigenvalue weighted by molar-refractivity contribution is -0.0975. The van der Waals surface area contributed by atoms with Gasteiger partial charge in [0.25, 0.3) is 0 Å². The van der Waals surface area contributed by atoms with E-state index in [-0.39, 0.29) is 19.2 Å². The smallest absolute Gasteiger partial charge is 0.410 e. The highest BCUT2D eigenvalue weighted by Crippen LogP contribution is 2.37. The van der Waals surface area contributed by atoms with Crippen molar-refractivity contribution in [3.63, 3.8) is 0 Å². The van der Waals surface area contributed by atoms with Crippen LogP contribution in [0.5, 0.6) is 5.75 Å². The van der Waals surface area contributed by atoms with Crippen LogP contribution >= 0.6 is 15.9 Å². The molecule has 126 valence electrons. The van der Waals surface area contributed by atoms with E-state index in [1.807, 2.05) is 26.8 Å². The standard InChI is InChI=1S/C17H22BrNO4/c1-16(2,3)23-15(20)19-9-17(21,10-19)8-12-7-13(18)6-11-4-5-22-14(11)12/h6-7,21H,4-5,8-10H2,1-3H3. The van der Waals surface area contributed by atoms with E-state index in [0.717, 1.165) is 22.2 Å². The number of rotatable bonds is 2. The Morgan fingerprint density at radius 3 is 2.78 bits per heavy atom. The van der Waals surface area contributed by atoms with E-state index < -0.39 is 11.2 Å². The number of fused-ring (bicyclic) bond motifs is 1. The third-order valence-electron chi connectivity index (χ3n) is 3.97. The maximum Gasteiger partial charge on any atom is 0.410 e. The third-order valence-corrected chi connectivity index (χ3v) is 4.42. The number of benzene rings is 1. The molecule has 0 radical (unpaired) electrons. The first-order chi connectivity index (χ1) is 10.7. The van der Waals surface area contributed by atoms with Crippen LogP contribution in [0.1, 0.15) is 31.9 Å². The van der Waals surface area contributed by atoms with Crippen LogP contribution in [0.2, 0.25) is 0 Å². The summed E-state index contributed by atoms with van der Waals surface area (Å²) in [7, 11) is 0. The molecule has 0 spiro atoms. The van der Waals surface area contributed by atoms with Crippen molar-refractivity contribution in [3.8, 4) is 5.75 Å². The number of nitrogens with zero attached hydrogens (tertiary/aromatic N) is 1. The first-order valence-corrected chi connectivity index (χ1v) is 8.59. The lowest BCUT2D eigenvalue weighted by Gasteiger charge is -2.46. The molecule has 6 heteroatoms. The van der Waals surface area contributed by atoms with Gasteiger partial charge >= 0.3 is 6.09 Å². The number of β-amino-alcohol motifs (C(OH)–C–C–N with tert-alkyl or cyclic N) is 1. The molecule has 0 saturated carbocycles. The SMILES string of the molecule is CC(C)(C)OC(=O)N1CC(O)(Cc2cc(Br)cc3c2OCC3)C1. The average Bonchev–Trinajstić information content (AvgIpc) is 2.81. The van der Waals surface area contributed by atoms with E-state index in [4.69, 9.17) is 9.47 Å². The molecule has 0 aromatic heterocycles. The van der Waals surface area contributed by atoms with Crippen LogP contribution in [0.3, 0.4) is 0 Å². The molecular weight excluding hydrogens is 362 g/mol. The fourth-order valence-electron chi connectivity index (χ4n) is 3.06. The molecule has 5 nitrogen and oxygen atoms in total. The van der Waals surface area contributed by atoms with Gasteiger partial charge in [0.15, 0.2) is 0 Å². The summed E-state index contributed by atoms with van der Waals surface area (Å²) in [5, 5.41) is 10.7. The molecule has 0 atom stereocenters. The van der Waals surface area contributed by atoms with Crippen LogP contribution in [-0.2, 0) is 17.6 Å². The van der Waals surface area contributed by atoms with Crippen molar-refractivity contribution >= 4 is 22.0 Å². The monoisotopic (exact) mass is 383 g/mol. The molecule has 1 saturated heterocycles. The molecule has 23 heavy (non-hydrogen) atoms. The molecule has 2 heterocycles. The summed E-state index contributed by atoms with van der Waals surface area (Å²) >= 11 is 3.51. The number of aliphatic hydroxyl groups is 1. The lowest BCUT2D eigenvalue weighted by atomic mass is 9.86. The summed E-state index contributed by atoms with van der Waals surface area (Å²) in [5.74, 6) is 0.886. The Morgan fingerprint density at radius 2 is 2.13 bits per heavy atom. The van der Waals surface area contributed by atoms with E-state index >= 15 is 0 Å². The van der Waals surface area contributed by atoms with Crippen molar-refractivity contribution in [2.24, 2.45) is 0 Å². The predicted octanol–water partition coefficient (Wildman–Crippen LogP) is 2.91. The number of ether oxygens (including phenoxy) is 2. The van der Waals surface area contributed by atoms with E-state index in [2.05, 4.69) is 22.0 Å². The van der Waals surface area contributed by atoms with Gasteiger partial charge in [-0.3, -0.25) is 0 Å². The summed E-state index contributed by atoms with van der Waals surface area (Å²) < 4.78 is 12.0. The average molecular weight is 384 g/mol. The second kappa shape index (κ2) is 5.67. The van der Waals surface area contributed by atoms with E-state index in [1.165, 1.54) is 10.5 Å². The molecule has 1 N–H and O–H groups in total. The van der Waals surface area contributed by atoms with Crippen LogP contribution in [0.15, 0.2) is 16.6 Å². The van der Waals surface area contributed by atoms with Crippen molar-refractivity contribution < 1.29 is 19.4 Å². The summed E-state index contributed by atoms with van der Waals surface area (Å²) in [5.41, 5.74) is 0.709. The van der Waals surface area contributed by atoms with Gasteiger partial charge < -0.3 is 19.5 Å². The summed E-state index contributed by atoms with van der Waals surface area (Å²) in [6, 6.07) is 4.04. The number of amides is 1. The molecule has 0 aliphatic carbocycles. The number of carbonyl (C=O) groups excluding carboxylic acids is 1. The largest absolute Gasteiger partial charge is 0.493 e. The Kier molecular flexibility index (Phi) is 4.09. The Labute approximate surface area is 144 Å². The number of hydrogen-bond donors (Lipinski definition) is 1. The van der Waals surface area contributed by atoms with E-state index in [9.17, 15) is 9.90 Å². The zero-order chi connectivity index (χ0) is 16.8. The summed E-state index contributed by atoms with van der Waals surface area (Å²) in [6.45, 7) is 6.74. The van der Waals surface area contributed by atoms with Crippen molar-refractivity contribution in [3.05, 3.63) is 27.7 Å². The Hall–Kier alpha value is -1.27. The van der Waals surface area contributed by atoms with Crippen LogP contribution in [0.4, 0.5) is 4.79 Å². The minimum absolute atomic E-state index is 0.281. The lowest BCUT2D eigenvalue weighted by Crippen LogP contribution is -2.65. The second-order valence-electron chi connectivity index (χ2n) is 7.39. The number of likely N-dealkylation sites (tertiary alicyclic amines) is 1. The van der Waals surface area contributed by atoms with Crippen molar-refractivity contribution in [2.75, 3.05) is 19.7 Å². The Bertz CT molecular complexity index is 632. The molecule has 2 aliphatic heterocycles. The molecule has 1 aromatic rings. The normalized spacial score (nSPS) is 18.9. The van der Waals surface area contributed by atoms with Gasteiger partial charge in [0.1, 0.15) is 17.0 Å². The molecule has 0 unspecified atom stereocenters. The van der Waals surface area contributed by atoms with Gasteiger partial charge in [-0.25, -0.2) is 4.79 Å². The van der Waals surface area contributed by atoms with Gasteiger partial charge in [-0.1, -0.05) is 15.9 Å². The van der Waals surface area contributed by atoms with Crippen LogP contribution in [-0.4, -0.2) is 47.0 Å². The molecule has 1 aromatic carbocycles. The molecular formula is C17H22BrNO4. The zero-order valence-corrected chi connectivity index (χ0v) is 15.3. The highest BCUT2D eigenvalue weighted by atomic mass is 79.9. The first-order valence-electron chi connectivity index (χ1n) is 7.80. The fraction of sp³-hybridized carbons (Fsp3) is 0.588. The molecule has 1 fully saturated rings. The highest BCUT2D eigenvalue weighted by molar-refractivity contribution is 9.10. The highest BCUT2D eigenvalue weighted by Gasteiger charge is 2.45. The zero-order valence-electron chi connectivity index (χ0n) is 13.7. The van der Waals surface area contributed by atoms with Gasteiger partial charge in [-0.05, 0) is 44.0 Å². The van der Waals surface area contributed by atoms with Gasteiger partial charge in [0, 0.05) is 17.3 Å². The van der Waals surface area contributed by atoms with Crippen molar-refractivity contribution in [1.29, 1.82) is 0 Å². The van der Waals surface area contributed by atoms with E-state index in [0.29, 0.717) is 13.0 Å². The predicted molar refractivity (Wildman–Crippen MR) is 89.8 cm³/mol. The first kappa shape index (κ1) is 16.6. The van der Waals surface area contributed by atoms with Gasteiger partial charge in [0.2, 0.25) is 0 Å². The van der Waals surface area contributed by atoms with Crippen LogP contribution in [0.25, 0.3) is 0 Å². The van der Waals surface area contributed by atoms with Crippen molar-refractivity contribution in [2.45, 2.75) is 44.8 Å². The van der Waals surface area contributed by atoms with Gasteiger partial charge in [-0.2, -0.15) is 0 Å². The molecule has 0 bridgehead atoms. The molecule has 1 amide bonds. The third kappa shape index (κ3) is 3.63. The maximum absolute atomic E-state index is 12.0. The summed E-state index contributed by atoms with van der Waals surface area (Å²) in [6.07, 6.45) is 0.982. The fourth-order valence-corrected chi connectivity index (χ4v) is 3.62.